The number of hydrogen-bond donors (Lipinski definition) is 0. The number of ketones is 1. The normalized spacial score (nSPS) is 9.93. The number of allylic oxidation sites excluding steroid dienone is 1. The highest BCUT2D eigenvalue weighted by Gasteiger charge is 2.02. The lowest BCUT2D eigenvalue weighted by Crippen LogP contribution is -1.96. The van der Waals surface area contributed by atoms with Crippen molar-refractivity contribution in [1.82, 2.24) is 0 Å². The molecular weight excluding hydrogens is 196 g/mol. The number of Topliss-reactive ketones (excluding diaryl/α,β-unsaturated/α-hetero) is 1. The van der Waals surface area contributed by atoms with Gasteiger partial charge in [0.2, 0.25) is 0 Å². The van der Waals surface area contributed by atoms with Crippen molar-refractivity contribution in [2.75, 3.05) is 0 Å². The van der Waals surface area contributed by atoms with Crippen LogP contribution in [0, 0.1) is 0 Å². The van der Waals surface area contributed by atoms with Gasteiger partial charge in [-0.1, -0.05) is 29.8 Å². The zero-order valence-electron chi connectivity index (χ0n) is 8.43. The van der Waals surface area contributed by atoms with E-state index in [1.807, 2.05) is 25.1 Å². The SMILES string of the molecule is C=C(C)c1cc(Cl)cc(CC(C)=O)c1. The summed E-state index contributed by atoms with van der Waals surface area (Å²) in [5, 5.41) is 0.654. The van der Waals surface area contributed by atoms with Crippen LogP contribution in [0.5, 0.6) is 0 Å². The van der Waals surface area contributed by atoms with Gasteiger partial charge in [0.15, 0.2) is 0 Å². The minimum absolute atomic E-state index is 0.139. The van der Waals surface area contributed by atoms with Crippen LogP contribution in [0.3, 0.4) is 0 Å². The highest BCUT2D eigenvalue weighted by molar-refractivity contribution is 6.30. The maximum absolute atomic E-state index is 10.9. The first kappa shape index (κ1) is 11.0. The van der Waals surface area contributed by atoms with Crippen LogP contribution in [-0.4, -0.2) is 5.78 Å². The summed E-state index contributed by atoms with van der Waals surface area (Å²) in [6, 6.07) is 5.62. The van der Waals surface area contributed by atoms with Gasteiger partial charge in [-0.15, -0.1) is 0 Å². The molecule has 14 heavy (non-hydrogen) atoms. The van der Waals surface area contributed by atoms with E-state index in [9.17, 15) is 4.79 Å². The summed E-state index contributed by atoms with van der Waals surface area (Å²) in [6.07, 6.45) is 0.431. The Morgan fingerprint density at radius 3 is 2.50 bits per heavy atom. The molecule has 0 bridgehead atoms. The molecule has 0 atom stereocenters. The fourth-order valence-electron chi connectivity index (χ4n) is 1.29. The van der Waals surface area contributed by atoms with Gasteiger partial charge in [0.1, 0.15) is 5.78 Å². The van der Waals surface area contributed by atoms with E-state index in [1.165, 1.54) is 0 Å². The van der Waals surface area contributed by atoms with Gasteiger partial charge >= 0.3 is 0 Å². The molecule has 1 rings (SSSR count). The molecule has 0 aliphatic rings. The Morgan fingerprint density at radius 1 is 1.36 bits per heavy atom. The van der Waals surface area contributed by atoms with E-state index < -0.39 is 0 Å². The van der Waals surface area contributed by atoms with Crippen LogP contribution in [-0.2, 0) is 11.2 Å². The molecule has 1 aromatic rings. The highest BCUT2D eigenvalue weighted by Crippen LogP contribution is 2.20. The van der Waals surface area contributed by atoms with Crippen LogP contribution in [0.4, 0.5) is 0 Å². The van der Waals surface area contributed by atoms with E-state index in [4.69, 9.17) is 11.6 Å². The van der Waals surface area contributed by atoms with Crippen molar-refractivity contribution in [1.29, 1.82) is 0 Å². The molecule has 0 spiro atoms. The Bertz CT molecular complexity index is 380. The largest absolute Gasteiger partial charge is 0.300 e. The number of carbonyl (C=O) groups is 1. The first-order valence-electron chi connectivity index (χ1n) is 4.44. The second-order valence-electron chi connectivity index (χ2n) is 3.51. The lowest BCUT2D eigenvalue weighted by Gasteiger charge is -2.04. The summed E-state index contributed by atoms with van der Waals surface area (Å²) in [6.45, 7) is 7.33. The number of halogens is 1. The van der Waals surface area contributed by atoms with E-state index in [1.54, 1.807) is 6.92 Å². The van der Waals surface area contributed by atoms with E-state index >= 15 is 0 Å². The van der Waals surface area contributed by atoms with Crippen LogP contribution < -0.4 is 0 Å². The smallest absolute Gasteiger partial charge is 0.134 e. The molecule has 0 amide bonds. The predicted octanol–water partition coefficient (Wildman–Crippen LogP) is 3.50. The summed E-state index contributed by atoms with van der Waals surface area (Å²) < 4.78 is 0. The van der Waals surface area contributed by atoms with Crippen LogP contribution >= 0.6 is 11.6 Å². The fourth-order valence-corrected chi connectivity index (χ4v) is 1.54. The molecule has 0 saturated carbocycles. The van der Waals surface area contributed by atoms with Gasteiger partial charge in [-0.05, 0) is 37.1 Å². The maximum Gasteiger partial charge on any atom is 0.134 e. The van der Waals surface area contributed by atoms with Crippen LogP contribution in [0.15, 0.2) is 24.8 Å². The number of benzene rings is 1. The van der Waals surface area contributed by atoms with Crippen molar-refractivity contribution in [3.8, 4) is 0 Å². The number of hydrogen-bond acceptors (Lipinski definition) is 1. The fraction of sp³-hybridized carbons (Fsp3) is 0.250. The minimum atomic E-state index is 0.139. The Hall–Kier alpha value is -1.08. The van der Waals surface area contributed by atoms with Crippen molar-refractivity contribution < 1.29 is 4.79 Å². The predicted molar refractivity (Wildman–Crippen MR) is 60.5 cm³/mol. The van der Waals surface area contributed by atoms with Gasteiger partial charge in [-0.2, -0.15) is 0 Å². The monoisotopic (exact) mass is 208 g/mol. The topological polar surface area (TPSA) is 17.1 Å². The second kappa shape index (κ2) is 4.43. The van der Waals surface area contributed by atoms with Gasteiger partial charge in [-0.3, -0.25) is 4.79 Å². The summed E-state index contributed by atoms with van der Waals surface area (Å²) in [7, 11) is 0. The molecule has 0 heterocycles. The summed E-state index contributed by atoms with van der Waals surface area (Å²) in [5.41, 5.74) is 2.90. The molecule has 0 N–H and O–H groups in total. The highest BCUT2D eigenvalue weighted by atomic mass is 35.5. The molecule has 0 saturated heterocycles. The van der Waals surface area contributed by atoms with Gasteiger partial charge in [0, 0.05) is 11.4 Å². The maximum atomic E-state index is 10.9. The van der Waals surface area contributed by atoms with Crippen LogP contribution in [0.2, 0.25) is 5.02 Å². The Balaban J connectivity index is 3.07. The molecule has 0 radical (unpaired) electrons. The quantitative estimate of drug-likeness (QED) is 0.743. The van der Waals surface area contributed by atoms with Crippen molar-refractivity contribution in [2.45, 2.75) is 20.3 Å². The van der Waals surface area contributed by atoms with Crippen molar-refractivity contribution in [3.05, 3.63) is 40.9 Å². The zero-order chi connectivity index (χ0) is 10.7. The average Bonchev–Trinajstić information content (AvgIpc) is 2.01. The molecule has 2 heteroatoms. The molecule has 0 aliphatic carbocycles. The summed E-state index contributed by atoms with van der Waals surface area (Å²) in [5.74, 6) is 0.139. The molecule has 74 valence electrons. The number of rotatable bonds is 3. The Kier molecular flexibility index (Phi) is 3.48. The first-order valence-corrected chi connectivity index (χ1v) is 4.81. The second-order valence-corrected chi connectivity index (χ2v) is 3.94. The van der Waals surface area contributed by atoms with E-state index in [2.05, 4.69) is 6.58 Å². The first-order chi connectivity index (χ1) is 6.49. The van der Waals surface area contributed by atoms with Crippen molar-refractivity contribution in [3.63, 3.8) is 0 Å². The van der Waals surface area contributed by atoms with Crippen LogP contribution in [0.25, 0.3) is 5.57 Å². The Morgan fingerprint density at radius 2 is 2.00 bits per heavy atom. The molecule has 0 fully saturated rings. The molecule has 1 nitrogen and oxygen atoms in total. The van der Waals surface area contributed by atoms with E-state index in [-0.39, 0.29) is 5.78 Å². The van der Waals surface area contributed by atoms with E-state index in [0.717, 1.165) is 16.7 Å². The summed E-state index contributed by atoms with van der Waals surface area (Å²) >= 11 is 5.93. The third kappa shape index (κ3) is 3.00. The third-order valence-electron chi connectivity index (χ3n) is 1.90. The standard InChI is InChI=1S/C12H13ClO/c1-8(2)11-5-10(4-9(3)14)6-12(13)7-11/h5-7H,1,4H2,2-3H3. The van der Waals surface area contributed by atoms with Crippen molar-refractivity contribution >= 4 is 23.0 Å². The Labute approximate surface area is 89.4 Å². The molecular formula is C12H13ClO. The van der Waals surface area contributed by atoms with Gasteiger partial charge < -0.3 is 0 Å². The average molecular weight is 209 g/mol. The zero-order valence-corrected chi connectivity index (χ0v) is 9.19. The van der Waals surface area contributed by atoms with Gasteiger partial charge in [0.05, 0.1) is 0 Å². The molecule has 0 unspecified atom stereocenters. The third-order valence-corrected chi connectivity index (χ3v) is 2.12. The minimum Gasteiger partial charge on any atom is -0.300 e. The van der Waals surface area contributed by atoms with E-state index in [0.29, 0.717) is 11.4 Å². The lowest BCUT2D eigenvalue weighted by atomic mass is 10.0. The van der Waals surface area contributed by atoms with Crippen molar-refractivity contribution in [2.24, 2.45) is 0 Å². The van der Waals surface area contributed by atoms with Gasteiger partial charge in [-0.25, -0.2) is 0 Å². The van der Waals surface area contributed by atoms with Crippen LogP contribution in [0.1, 0.15) is 25.0 Å². The summed E-state index contributed by atoms with van der Waals surface area (Å²) in [4.78, 5) is 10.9. The molecule has 0 aromatic heterocycles. The number of carbonyl (C=O) groups excluding carboxylic acids is 1. The van der Waals surface area contributed by atoms with Gasteiger partial charge in [0.25, 0.3) is 0 Å². The molecule has 0 aliphatic heterocycles. The molecule has 1 aromatic carbocycles. The lowest BCUT2D eigenvalue weighted by molar-refractivity contribution is -0.116.